The Kier molecular flexibility index (Phi) is 7.74. The molecule has 36 heavy (non-hydrogen) atoms. The summed E-state index contributed by atoms with van der Waals surface area (Å²) in [6, 6.07) is 29.3. The quantitative estimate of drug-likeness (QED) is 0.451. The SMILES string of the molecule is O=C(ON1CCN(CCc2ccccc2)CC1CN(C(=O)C1CC1)c1ccccc1)c1ccccc1. The lowest BCUT2D eigenvalue weighted by atomic mass is 10.1. The van der Waals surface area contributed by atoms with E-state index in [1.165, 1.54) is 5.56 Å². The lowest BCUT2D eigenvalue weighted by Gasteiger charge is -2.41. The summed E-state index contributed by atoms with van der Waals surface area (Å²) >= 11 is 0. The Morgan fingerprint density at radius 2 is 1.47 bits per heavy atom. The topological polar surface area (TPSA) is 53.1 Å². The fourth-order valence-corrected chi connectivity index (χ4v) is 4.73. The molecule has 0 spiro atoms. The maximum absolute atomic E-state index is 13.3. The molecule has 0 aromatic heterocycles. The van der Waals surface area contributed by atoms with Crippen molar-refractivity contribution in [3.8, 4) is 0 Å². The predicted octanol–water partition coefficient (Wildman–Crippen LogP) is 4.43. The zero-order valence-electron chi connectivity index (χ0n) is 20.5. The van der Waals surface area contributed by atoms with Gasteiger partial charge in [-0.05, 0) is 49.1 Å². The van der Waals surface area contributed by atoms with Crippen LogP contribution in [0.25, 0.3) is 0 Å². The van der Waals surface area contributed by atoms with Crippen LogP contribution in [-0.4, -0.2) is 60.6 Å². The van der Waals surface area contributed by atoms with Gasteiger partial charge in [0.25, 0.3) is 0 Å². The van der Waals surface area contributed by atoms with Gasteiger partial charge in [-0.3, -0.25) is 9.69 Å². The second-order valence-corrected chi connectivity index (χ2v) is 9.63. The van der Waals surface area contributed by atoms with Crippen LogP contribution in [0.2, 0.25) is 0 Å². The number of rotatable bonds is 9. The van der Waals surface area contributed by atoms with Crippen LogP contribution in [0, 0.1) is 5.92 Å². The van der Waals surface area contributed by atoms with Crippen molar-refractivity contribution in [3.63, 3.8) is 0 Å². The summed E-state index contributed by atoms with van der Waals surface area (Å²) in [5.41, 5.74) is 2.73. The standard InChI is InChI=1S/C30H33N3O3/c34-29(25-16-17-25)32(27-14-8-3-9-15-27)23-28-22-31(19-18-24-10-4-1-5-11-24)20-21-33(28)36-30(35)26-12-6-2-7-13-26/h1-15,25,28H,16-23H2. The molecule has 1 saturated carbocycles. The molecule has 1 heterocycles. The Hall–Kier alpha value is -3.48. The van der Waals surface area contributed by atoms with Crippen molar-refractivity contribution in [1.29, 1.82) is 0 Å². The minimum Gasteiger partial charge on any atom is -0.363 e. The first-order valence-corrected chi connectivity index (χ1v) is 12.8. The molecule has 0 radical (unpaired) electrons. The summed E-state index contributed by atoms with van der Waals surface area (Å²) in [6.07, 6.45) is 2.85. The van der Waals surface area contributed by atoms with E-state index in [0.717, 1.165) is 44.6 Å². The third-order valence-corrected chi connectivity index (χ3v) is 6.94. The summed E-state index contributed by atoms with van der Waals surface area (Å²) in [5, 5.41) is 1.80. The van der Waals surface area contributed by atoms with Crippen molar-refractivity contribution in [2.75, 3.05) is 37.6 Å². The summed E-state index contributed by atoms with van der Waals surface area (Å²) in [7, 11) is 0. The monoisotopic (exact) mass is 483 g/mol. The van der Waals surface area contributed by atoms with E-state index in [9.17, 15) is 9.59 Å². The van der Waals surface area contributed by atoms with Crippen molar-refractivity contribution < 1.29 is 14.4 Å². The molecule has 6 nitrogen and oxygen atoms in total. The van der Waals surface area contributed by atoms with Gasteiger partial charge in [-0.1, -0.05) is 66.7 Å². The van der Waals surface area contributed by atoms with Crippen LogP contribution in [0.15, 0.2) is 91.0 Å². The number of benzene rings is 3. The van der Waals surface area contributed by atoms with Crippen molar-refractivity contribution in [2.24, 2.45) is 5.92 Å². The van der Waals surface area contributed by atoms with E-state index in [2.05, 4.69) is 29.2 Å². The Morgan fingerprint density at radius 3 is 2.14 bits per heavy atom. The number of carbonyl (C=O) groups is 2. The van der Waals surface area contributed by atoms with Gasteiger partial charge in [0.15, 0.2) is 0 Å². The molecule has 1 unspecified atom stereocenters. The highest BCUT2D eigenvalue weighted by Gasteiger charge is 2.38. The fraction of sp³-hybridized carbons (Fsp3) is 0.333. The van der Waals surface area contributed by atoms with E-state index < -0.39 is 0 Å². The molecule has 0 bridgehead atoms. The van der Waals surface area contributed by atoms with Crippen LogP contribution in [-0.2, 0) is 16.1 Å². The van der Waals surface area contributed by atoms with Gasteiger partial charge in [0, 0.05) is 44.3 Å². The van der Waals surface area contributed by atoms with E-state index in [1.807, 2.05) is 59.5 Å². The van der Waals surface area contributed by atoms with E-state index >= 15 is 0 Å². The number of amides is 1. The smallest absolute Gasteiger partial charge is 0.357 e. The van der Waals surface area contributed by atoms with Crippen molar-refractivity contribution in [3.05, 3.63) is 102 Å². The highest BCUT2D eigenvalue weighted by atomic mass is 16.7. The maximum atomic E-state index is 13.3. The van der Waals surface area contributed by atoms with Crippen molar-refractivity contribution in [2.45, 2.75) is 25.3 Å². The molecule has 1 amide bonds. The number of carbonyl (C=O) groups excluding carboxylic acids is 2. The summed E-state index contributed by atoms with van der Waals surface area (Å²) in [5.74, 6) is -0.0987. The van der Waals surface area contributed by atoms with Crippen LogP contribution >= 0.6 is 0 Å². The Bertz CT molecular complexity index is 1140. The number of nitrogens with zero attached hydrogens (tertiary/aromatic N) is 3. The fourth-order valence-electron chi connectivity index (χ4n) is 4.73. The van der Waals surface area contributed by atoms with E-state index in [0.29, 0.717) is 18.7 Å². The van der Waals surface area contributed by atoms with E-state index in [4.69, 9.17) is 4.84 Å². The molecule has 1 aliphatic carbocycles. The van der Waals surface area contributed by atoms with Gasteiger partial charge in [-0.2, -0.15) is 0 Å². The average Bonchev–Trinajstić information content (AvgIpc) is 3.78. The zero-order chi connectivity index (χ0) is 24.7. The first-order valence-electron chi connectivity index (χ1n) is 12.8. The Morgan fingerprint density at radius 1 is 0.833 bits per heavy atom. The highest BCUT2D eigenvalue weighted by Crippen LogP contribution is 2.33. The first kappa shape index (κ1) is 24.2. The van der Waals surface area contributed by atoms with Crippen LogP contribution in [0.4, 0.5) is 5.69 Å². The Labute approximate surface area is 213 Å². The zero-order valence-corrected chi connectivity index (χ0v) is 20.5. The van der Waals surface area contributed by atoms with Crippen LogP contribution in [0.3, 0.4) is 0 Å². The molecule has 186 valence electrons. The molecule has 0 N–H and O–H groups in total. The molecule has 1 saturated heterocycles. The second-order valence-electron chi connectivity index (χ2n) is 9.63. The number of hydrogen-bond donors (Lipinski definition) is 0. The molecule has 5 rings (SSSR count). The lowest BCUT2D eigenvalue weighted by Crippen LogP contribution is -2.58. The number of hydroxylamine groups is 2. The minimum atomic E-state index is -0.363. The molecule has 2 aliphatic rings. The molecule has 3 aromatic carbocycles. The minimum absolute atomic E-state index is 0.100. The van der Waals surface area contributed by atoms with E-state index in [1.54, 1.807) is 17.2 Å². The molecule has 1 atom stereocenters. The predicted molar refractivity (Wildman–Crippen MR) is 140 cm³/mol. The van der Waals surface area contributed by atoms with Gasteiger partial charge in [0.2, 0.25) is 5.91 Å². The van der Waals surface area contributed by atoms with Crippen LogP contribution in [0.5, 0.6) is 0 Å². The van der Waals surface area contributed by atoms with Gasteiger partial charge in [-0.25, -0.2) is 4.79 Å². The third kappa shape index (κ3) is 6.20. The van der Waals surface area contributed by atoms with Crippen molar-refractivity contribution >= 4 is 17.6 Å². The molecular weight excluding hydrogens is 450 g/mol. The van der Waals surface area contributed by atoms with Crippen molar-refractivity contribution in [1.82, 2.24) is 9.96 Å². The van der Waals surface area contributed by atoms with Crippen LogP contribution in [0.1, 0.15) is 28.8 Å². The third-order valence-electron chi connectivity index (χ3n) is 6.94. The molecule has 3 aromatic rings. The van der Waals surface area contributed by atoms with E-state index in [-0.39, 0.29) is 23.8 Å². The van der Waals surface area contributed by atoms with Crippen LogP contribution < -0.4 is 4.90 Å². The normalized spacial score (nSPS) is 18.5. The number of para-hydroxylation sites is 1. The molecule has 6 heteroatoms. The second kappa shape index (κ2) is 11.5. The van der Waals surface area contributed by atoms with Gasteiger partial charge in [0.05, 0.1) is 11.6 Å². The highest BCUT2D eigenvalue weighted by molar-refractivity contribution is 5.96. The summed E-state index contributed by atoms with van der Waals surface area (Å²) < 4.78 is 0. The largest absolute Gasteiger partial charge is 0.363 e. The van der Waals surface area contributed by atoms with Gasteiger partial charge >= 0.3 is 5.97 Å². The number of anilines is 1. The molecular formula is C30H33N3O3. The molecule has 1 aliphatic heterocycles. The van der Waals surface area contributed by atoms with Gasteiger partial charge < -0.3 is 9.74 Å². The number of piperazine rings is 1. The number of hydrogen-bond acceptors (Lipinski definition) is 5. The summed E-state index contributed by atoms with van der Waals surface area (Å²) in [6.45, 7) is 3.51. The lowest BCUT2D eigenvalue weighted by molar-refractivity contribution is -0.160. The Balaban J connectivity index is 1.33. The summed E-state index contributed by atoms with van der Waals surface area (Å²) in [4.78, 5) is 36.4. The molecule has 2 fully saturated rings. The van der Waals surface area contributed by atoms with Gasteiger partial charge in [0.1, 0.15) is 0 Å². The first-order chi connectivity index (χ1) is 17.7. The maximum Gasteiger partial charge on any atom is 0.357 e. The average molecular weight is 484 g/mol. The van der Waals surface area contributed by atoms with Gasteiger partial charge in [-0.15, -0.1) is 5.06 Å².